The number of nitrogens with zero attached hydrogens (tertiary/aromatic N) is 2. The maximum atomic E-state index is 5.71. The van der Waals surface area contributed by atoms with E-state index in [0.717, 1.165) is 11.3 Å². The number of nitrogen functional groups attached to an aromatic ring is 1. The maximum absolute atomic E-state index is 5.71. The lowest BCUT2D eigenvalue weighted by Crippen LogP contribution is -2.08. The first kappa shape index (κ1) is 12.1. The number of hydrogen-bond acceptors (Lipinski definition) is 5. The van der Waals surface area contributed by atoms with Crippen molar-refractivity contribution in [1.82, 2.24) is 9.97 Å². The first-order valence-corrected chi connectivity index (χ1v) is 5.51. The van der Waals surface area contributed by atoms with Crippen molar-refractivity contribution in [3.05, 3.63) is 48.3 Å². The van der Waals surface area contributed by atoms with Crippen LogP contribution in [0.5, 0.6) is 11.6 Å². The van der Waals surface area contributed by atoms with Gasteiger partial charge in [0.1, 0.15) is 17.9 Å². The van der Waals surface area contributed by atoms with Gasteiger partial charge in [0.15, 0.2) is 0 Å². The molecule has 0 aliphatic carbocycles. The van der Waals surface area contributed by atoms with Crippen molar-refractivity contribution in [2.75, 3.05) is 5.43 Å². The van der Waals surface area contributed by atoms with Crippen molar-refractivity contribution >= 4 is 11.9 Å². The molecule has 0 aliphatic rings. The Balaban J connectivity index is 2.27. The van der Waals surface area contributed by atoms with E-state index in [-0.39, 0.29) is 0 Å². The van der Waals surface area contributed by atoms with Crippen LogP contribution in [0.2, 0.25) is 0 Å². The van der Waals surface area contributed by atoms with E-state index in [0.29, 0.717) is 11.7 Å². The predicted molar refractivity (Wildman–Crippen MR) is 71.1 cm³/mol. The number of aromatic nitrogens is 2. The molecule has 1 aromatic heterocycles. The topological polar surface area (TPSA) is 73.1 Å². The summed E-state index contributed by atoms with van der Waals surface area (Å²) in [5.74, 6) is 6.96. The standard InChI is InChI=1S/C13H14N4O/c1-2-5-10-6-3-4-7-11(10)18-13-8-12(17-14)15-9-16-13/h2-9H,14H2,1H3,(H,15,16,17)/b5-2+. The van der Waals surface area contributed by atoms with Gasteiger partial charge in [0.05, 0.1) is 0 Å². The van der Waals surface area contributed by atoms with Gasteiger partial charge in [0, 0.05) is 11.6 Å². The van der Waals surface area contributed by atoms with Crippen LogP contribution in [0.1, 0.15) is 12.5 Å². The second-order valence-electron chi connectivity index (χ2n) is 3.53. The fourth-order valence-electron chi connectivity index (χ4n) is 1.48. The molecule has 2 aromatic rings. The summed E-state index contributed by atoms with van der Waals surface area (Å²) < 4.78 is 5.71. The van der Waals surface area contributed by atoms with Crippen molar-refractivity contribution < 1.29 is 4.74 Å². The average Bonchev–Trinajstić information content (AvgIpc) is 2.41. The molecule has 0 amide bonds. The summed E-state index contributed by atoms with van der Waals surface area (Å²) in [6.45, 7) is 1.96. The molecule has 0 atom stereocenters. The van der Waals surface area contributed by atoms with Crippen molar-refractivity contribution in [2.45, 2.75) is 6.92 Å². The molecule has 0 bridgehead atoms. The second-order valence-corrected chi connectivity index (χ2v) is 3.53. The Bertz CT molecular complexity index is 554. The molecule has 0 unspecified atom stereocenters. The number of nitrogens with two attached hydrogens (primary N) is 1. The third kappa shape index (κ3) is 2.83. The van der Waals surface area contributed by atoms with E-state index in [4.69, 9.17) is 10.6 Å². The van der Waals surface area contributed by atoms with E-state index in [1.165, 1.54) is 6.33 Å². The number of hydrazine groups is 1. The molecule has 2 rings (SSSR count). The Labute approximate surface area is 105 Å². The highest BCUT2D eigenvalue weighted by atomic mass is 16.5. The van der Waals surface area contributed by atoms with Crippen LogP contribution < -0.4 is 16.0 Å². The van der Waals surface area contributed by atoms with Gasteiger partial charge in [0.25, 0.3) is 0 Å². The Kier molecular flexibility index (Phi) is 3.88. The molecule has 5 nitrogen and oxygen atoms in total. The van der Waals surface area contributed by atoms with Crippen molar-refractivity contribution in [3.8, 4) is 11.6 Å². The Morgan fingerprint density at radius 2 is 2.11 bits per heavy atom. The monoisotopic (exact) mass is 242 g/mol. The van der Waals surface area contributed by atoms with E-state index < -0.39 is 0 Å². The summed E-state index contributed by atoms with van der Waals surface area (Å²) in [5.41, 5.74) is 3.43. The third-order valence-corrected chi connectivity index (χ3v) is 2.27. The zero-order chi connectivity index (χ0) is 12.8. The molecule has 0 saturated heterocycles. The Morgan fingerprint density at radius 3 is 2.89 bits per heavy atom. The SMILES string of the molecule is C/C=C/c1ccccc1Oc1cc(NN)ncn1. The summed E-state index contributed by atoms with van der Waals surface area (Å²) in [7, 11) is 0. The van der Waals surface area contributed by atoms with Crippen molar-refractivity contribution in [1.29, 1.82) is 0 Å². The van der Waals surface area contributed by atoms with E-state index in [9.17, 15) is 0 Å². The quantitative estimate of drug-likeness (QED) is 0.636. The molecule has 92 valence electrons. The molecule has 0 spiro atoms. The molecular weight excluding hydrogens is 228 g/mol. The number of allylic oxidation sites excluding steroid dienone is 1. The van der Waals surface area contributed by atoms with Gasteiger partial charge in [0.2, 0.25) is 5.88 Å². The molecule has 0 fully saturated rings. The summed E-state index contributed by atoms with van der Waals surface area (Å²) >= 11 is 0. The minimum absolute atomic E-state index is 0.440. The van der Waals surface area contributed by atoms with Crippen LogP contribution in [0.3, 0.4) is 0 Å². The van der Waals surface area contributed by atoms with E-state index >= 15 is 0 Å². The number of ether oxygens (including phenoxy) is 1. The molecular formula is C13H14N4O. The van der Waals surface area contributed by atoms with Gasteiger partial charge in [-0.1, -0.05) is 30.4 Å². The minimum Gasteiger partial charge on any atom is -0.438 e. The predicted octanol–water partition coefficient (Wildman–Crippen LogP) is 2.59. The highest BCUT2D eigenvalue weighted by Crippen LogP contribution is 2.25. The largest absolute Gasteiger partial charge is 0.438 e. The van der Waals surface area contributed by atoms with Gasteiger partial charge in [-0.2, -0.15) is 0 Å². The highest BCUT2D eigenvalue weighted by molar-refractivity contribution is 5.57. The summed E-state index contributed by atoms with van der Waals surface area (Å²) in [6, 6.07) is 9.35. The zero-order valence-electron chi connectivity index (χ0n) is 10.00. The lowest BCUT2D eigenvalue weighted by Gasteiger charge is -2.08. The molecule has 1 heterocycles. The molecule has 0 saturated carbocycles. The van der Waals surface area contributed by atoms with Crippen LogP contribution >= 0.6 is 0 Å². The second kappa shape index (κ2) is 5.79. The Hall–Kier alpha value is -2.40. The van der Waals surface area contributed by atoms with Crippen LogP contribution in [-0.4, -0.2) is 9.97 Å². The van der Waals surface area contributed by atoms with Gasteiger partial charge in [-0.15, -0.1) is 0 Å². The van der Waals surface area contributed by atoms with E-state index in [1.54, 1.807) is 6.07 Å². The number of benzene rings is 1. The highest BCUT2D eigenvalue weighted by Gasteiger charge is 2.03. The van der Waals surface area contributed by atoms with Gasteiger partial charge in [-0.05, 0) is 13.0 Å². The lowest BCUT2D eigenvalue weighted by molar-refractivity contribution is 0.461. The fourth-order valence-corrected chi connectivity index (χ4v) is 1.48. The zero-order valence-corrected chi connectivity index (χ0v) is 10.00. The summed E-state index contributed by atoms with van der Waals surface area (Å²) in [6.07, 6.45) is 5.32. The average molecular weight is 242 g/mol. The lowest BCUT2D eigenvalue weighted by atomic mass is 10.2. The van der Waals surface area contributed by atoms with Gasteiger partial charge in [-0.3, -0.25) is 0 Å². The number of nitrogens with one attached hydrogen (secondary N) is 1. The third-order valence-electron chi connectivity index (χ3n) is 2.27. The molecule has 3 N–H and O–H groups in total. The first-order chi connectivity index (χ1) is 8.83. The van der Waals surface area contributed by atoms with Crippen LogP contribution in [0.25, 0.3) is 6.08 Å². The first-order valence-electron chi connectivity index (χ1n) is 5.51. The van der Waals surface area contributed by atoms with Crippen LogP contribution in [0, 0.1) is 0 Å². The molecule has 0 aliphatic heterocycles. The number of para-hydroxylation sites is 1. The summed E-state index contributed by atoms with van der Waals surface area (Å²) in [5, 5.41) is 0. The van der Waals surface area contributed by atoms with Crippen LogP contribution in [-0.2, 0) is 0 Å². The van der Waals surface area contributed by atoms with Gasteiger partial charge >= 0.3 is 0 Å². The molecule has 1 aromatic carbocycles. The normalized spacial score (nSPS) is 10.6. The van der Waals surface area contributed by atoms with Crippen molar-refractivity contribution in [2.24, 2.45) is 5.84 Å². The van der Waals surface area contributed by atoms with Gasteiger partial charge in [-0.25, -0.2) is 15.8 Å². The van der Waals surface area contributed by atoms with Crippen LogP contribution in [0.4, 0.5) is 5.82 Å². The van der Waals surface area contributed by atoms with Crippen molar-refractivity contribution in [3.63, 3.8) is 0 Å². The minimum atomic E-state index is 0.440. The molecule has 0 radical (unpaired) electrons. The Morgan fingerprint density at radius 1 is 1.28 bits per heavy atom. The van der Waals surface area contributed by atoms with E-state index in [2.05, 4.69) is 15.4 Å². The number of hydrogen-bond donors (Lipinski definition) is 2. The summed E-state index contributed by atoms with van der Waals surface area (Å²) in [4.78, 5) is 7.95. The molecule has 18 heavy (non-hydrogen) atoms. The van der Waals surface area contributed by atoms with Crippen LogP contribution in [0.15, 0.2) is 42.7 Å². The maximum Gasteiger partial charge on any atom is 0.224 e. The van der Waals surface area contributed by atoms with Gasteiger partial charge < -0.3 is 10.2 Å². The number of rotatable bonds is 4. The number of anilines is 1. The fraction of sp³-hybridized carbons (Fsp3) is 0.0769. The smallest absolute Gasteiger partial charge is 0.224 e. The molecule has 5 heteroatoms. The van der Waals surface area contributed by atoms with E-state index in [1.807, 2.05) is 43.3 Å².